The molecule has 3 aliphatic rings. The Labute approximate surface area is 101 Å². The third kappa shape index (κ3) is 2.04. The van der Waals surface area contributed by atoms with E-state index < -0.39 is 0 Å². The van der Waals surface area contributed by atoms with Crippen LogP contribution in [-0.4, -0.2) is 48.4 Å². The zero-order chi connectivity index (χ0) is 11.8. The molecule has 0 saturated carbocycles. The van der Waals surface area contributed by atoms with Gasteiger partial charge in [0.1, 0.15) is 0 Å². The van der Waals surface area contributed by atoms with Crippen molar-refractivity contribution in [2.45, 2.75) is 37.8 Å². The molecule has 17 heavy (non-hydrogen) atoms. The van der Waals surface area contributed by atoms with Crippen LogP contribution in [0, 0.1) is 5.92 Å². The van der Waals surface area contributed by atoms with Crippen LogP contribution in [-0.2, 0) is 9.59 Å². The van der Waals surface area contributed by atoms with Gasteiger partial charge in [-0.3, -0.25) is 9.59 Å². The van der Waals surface area contributed by atoms with Crippen LogP contribution in [0.4, 0.5) is 0 Å². The Morgan fingerprint density at radius 2 is 2.24 bits per heavy atom. The fraction of sp³-hybridized carbons (Fsp3) is 0.833. The number of fused-ring (bicyclic) bond motifs is 2. The van der Waals surface area contributed by atoms with Crippen molar-refractivity contribution in [2.75, 3.05) is 19.6 Å². The van der Waals surface area contributed by atoms with Crippen molar-refractivity contribution in [3.63, 3.8) is 0 Å². The second-order valence-electron chi connectivity index (χ2n) is 5.35. The number of nitrogens with zero attached hydrogens (tertiary/aromatic N) is 1. The van der Waals surface area contributed by atoms with E-state index in [1.807, 2.05) is 0 Å². The van der Waals surface area contributed by atoms with Crippen molar-refractivity contribution in [3.05, 3.63) is 0 Å². The molecule has 0 spiro atoms. The minimum atomic E-state index is -0.0213. The van der Waals surface area contributed by atoms with E-state index >= 15 is 0 Å². The highest BCUT2D eigenvalue weighted by molar-refractivity contribution is 5.87. The van der Waals surface area contributed by atoms with Crippen LogP contribution in [0.1, 0.15) is 25.7 Å². The Morgan fingerprint density at radius 3 is 2.94 bits per heavy atom. The second-order valence-corrected chi connectivity index (χ2v) is 5.35. The fourth-order valence-electron chi connectivity index (χ4n) is 3.33. The highest BCUT2D eigenvalue weighted by Crippen LogP contribution is 2.34. The van der Waals surface area contributed by atoms with Gasteiger partial charge in [0, 0.05) is 25.2 Å². The lowest BCUT2D eigenvalue weighted by molar-refractivity contribution is -0.139. The number of rotatable bonds is 1. The molecule has 0 aliphatic carbocycles. The summed E-state index contributed by atoms with van der Waals surface area (Å²) in [5.41, 5.74) is 0. The van der Waals surface area contributed by atoms with Crippen molar-refractivity contribution >= 4 is 11.8 Å². The third-order valence-electron chi connectivity index (χ3n) is 4.19. The first-order chi connectivity index (χ1) is 8.24. The summed E-state index contributed by atoms with van der Waals surface area (Å²) in [5.74, 6) is 0.272. The van der Waals surface area contributed by atoms with E-state index in [2.05, 4.69) is 10.6 Å². The molecule has 94 valence electrons. The topological polar surface area (TPSA) is 61.4 Å². The fourth-order valence-corrected chi connectivity index (χ4v) is 3.33. The lowest BCUT2D eigenvalue weighted by atomic mass is 9.88. The van der Waals surface area contributed by atoms with Gasteiger partial charge in [0.05, 0.1) is 12.5 Å². The van der Waals surface area contributed by atoms with Gasteiger partial charge in [-0.2, -0.15) is 0 Å². The normalized spacial score (nSPS) is 36.8. The quantitative estimate of drug-likeness (QED) is 0.645. The summed E-state index contributed by atoms with van der Waals surface area (Å²) in [4.78, 5) is 25.6. The van der Waals surface area contributed by atoms with Gasteiger partial charge in [-0.05, 0) is 25.7 Å². The molecule has 2 N–H and O–H groups in total. The maximum Gasteiger partial charge on any atom is 0.239 e. The monoisotopic (exact) mass is 237 g/mol. The Morgan fingerprint density at radius 1 is 1.35 bits per heavy atom. The molecule has 0 aromatic carbocycles. The highest BCUT2D eigenvalue weighted by atomic mass is 16.2. The molecule has 3 rings (SSSR count). The maximum atomic E-state index is 12.4. The van der Waals surface area contributed by atoms with E-state index in [9.17, 15) is 9.59 Å². The Hall–Kier alpha value is -1.10. The van der Waals surface area contributed by atoms with Crippen LogP contribution in [0.5, 0.6) is 0 Å². The average molecular weight is 237 g/mol. The molecule has 3 aliphatic heterocycles. The molecule has 3 heterocycles. The summed E-state index contributed by atoms with van der Waals surface area (Å²) in [6.07, 6.45) is 4.14. The molecule has 5 nitrogen and oxygen atoms in total. The molecular formula is C12H19N3O2. The molecule has 3 saturated heterocycles. The molecule has 5 heteroatoms. The van der Waals surface area contributed by atoms with Gasteiger partial charge in [0.25, 0.3) is 0 Å². The lowest BCUT2D eigenvalue weighted by Crippen LogP contribution is -2.43. The smallest absolute Gasteiger partial charge is 0.239 e. The molecule has 2 bridgehead atoms. The van der Waals surface area contributed by atoms with Gasteiger partial charge < -0.3 is 15.5 Å². The van der Waals surface area contributed by atoms with Crippen LogP contribution >= 0.6 is 0 Å². The number of amides is 2. The van der Waals surface area contributed by atoms with Crippen LogP contribution in [0.15, 0.2) is 0 Å². The van der Waals surface area contributed by atoms with Gasteiger partial charge in [0.15, 0.2) is 0 Å². The van der Waals surface area contributed by atoms with Crippen molar-refractivity contribution in [3.8, 4) is 0 Å². The summed E-state index contributed by atoms with van der Waals surface area (Å²) in [6.45, 7) is 1.65. The Balaban J connectivity index is 1.67. The van der Waals surface area contributed by atoms with Gasteiger partial charge in [-0.25, -0.2) is 0 Å². The Kier molecular flexibility index (Phi) is 2.78. The van der Waals surface area contributed by atoms with E-state index in [1.165, 1.54) is 6.42 Å². The van der Waals surface area contributed by atoms with Crippen LogP contribution < -0.4 is 10.6 Å². The first-order valence-corrected chi connectivity index (χ1v) is 6.55. The zero-order valence-corrected chi connectivity index (χ0v) is 9.95. The lowest BCUT2D eigenvalue weighted by Gasteiger charge is -2.26. The van der Waals surface area contributed by atoms with Crippen LogP contribution in [0.2, 0.25) is 0 Å². The van der Waals surface area contributed by atoms with Crippen LogP contribution in [0.3, 0.4) is 0 Å². The van der Waals surface area contributed by atoms with Crippen molar-refractivity contribution in [1.29, 1.82) is 0 Å². The molecule has 0 radical (unpaired) electrons. The number of carbonyl (C=O) groups is 2. The number of nitrogens with one attached hydrogen (secondary N) is 2. The second kappa shape index (κ2) is 4.29. The zero-order valence-electron chi connectivity index (χ0n) is 9.95. The largest absolute Gasteiger partial charge is 0.354 e. The maximum absolute atomic E-state index is 12.4. The van der Waals surface area contributed by atoms with E-state index in [0.717, 1.165) is 19.3 Å². The highest BCUT2D eigenvalue weighted by Gasteiger charge is 2.44. The number of hydrogen-bond acceptors (Lipinski definition) is 3. The molecule has 3 unspecified atom stereocenters. The average Bonchev–Trinajstić information content (AvgIpc) is 2.88. The molecule has 3 fully saturated rings. The molecule has 3 atom stereocenters. The van der Waals surface area contributed by atoms with Crippen LogP contribution in [0.25, 0.3) is 0 Å². The summed E-state index contributed by atoms with van der Waals surface area (Å²) in [5, 5.41) is 6.28. The van der Waals surface area contributed by atoms with Crippen molar-refractivity contribution in [2.24, 2.45) is 5.92 Å². The Bertz CT molecular complexity index is 345. The molecule has 0 aromatic rings. The van der Waals surface area contributed by atoms with Gasteiger partial charge >= 0.3 is 0 Å². The summed E-state index contributed by atoms with van der Waals surface area (Å²) in [6, 6.07) is 0.897. The minimum Gasteiger partial charge on any atom is -0.354 e. The van der Waals surface area contributed by atoms with Gasteiger partial charge in [0.2, 0.25) is 11.8 Å². The van der Waals surface area contributed by atoms with E-state index in [1.54, 1.807) is 4.90 Å². The minimum absolute atomic E-state index is 0.0213. The van der Waals surface area contributed by atoms with Crippen molar-refractivity contribution in [1.82, 2.24) is 15.5 Å². The predicted molar refractivity (Wildman–Crippen MR) is 62.3 cm³/mol. The van der Waals surface area contributed by atoms with Gasteiger partial charge in [-0.1, -0.05) is 0 Å². The molecule has 0 aromatic heterocycles. The number of hydrogen-bond donors (Lipinski definition) is 2. The summed E-state index contributed by atoms with van der Waals surface area (Å²) < 4.78 is 0. The standard InChI is InChI=1S/C12H19N3O2/c16-11-7-15(5-1-4-13-11)12(17)9-6-8-2-3-10(9)14-8/h8-10,14H,1-7H2,(H,13,16). The first-order valence-electron chi connectivity index (χ1n) is 6.55. The molecule has 2 amide bonds. The van der Waals surface area contributed by atoms with E-state index in [4.69, 9.17) is 0 Å². The third-order valence-corrected chi connectivity index (χ3v) is 4.19. The van der Waals surface area contributed by atoms with Crippen molar-refractivity contribution < 1.29 is 9.59 Å². The summed E-state index contributed by atoms with van der Waals surface area (Å²) >= 11 is 0. The van der Waals surface area contributed by atoms with Gasteiger partial charge in [-0.15, -0.1) is 0 Å². The molecular weight excluding hydrogens is 218 g/mol. The van der Waals surface area contributed by atoms with E-state index in [0.29, 0.717) is 25.2 Å². The summed E-state index contributed by atoms with van der Waals surface area (Å²) in [7, 11) is 0. The predicted octanol–water partition coefficient (Wildman–Crippen LogP) is -0.525. The van der Waals surface area contributed by atoms with E-state index in [-0.39, 0.29) is 24.3 Å². The first kappa shape index (κ1) is 11.0. The SMILES string of the molecule is O=C1CN(C(=O)C2CC3CCC2N3)CCCN1. The number of carbonyl (C=O) groups excluding carboxylic acids is 2.